The molecule has 1 amide bonds. The van der Waals surface area contributed by atoms with E-state index in [0.29, 0.717) is 31.8 Å². The Hall–Kier alpha value is -0.820. The maximum absolute atomic E-state index is 13.0. The van der Waals surface area contributed by atoms with Gasteiger partial charge in [0.2, 0.25) is 15.9 Å². The molecule has 29 heavy (non-hydrogen) atoms. The third kappa shape index (κ3) is 4.18. The zero-order valence-corrected chi connectivity index (χ0v) is 18.9. The van der Waals surface area contributed by atoms with Gasteiger partial charge >= 0.3 is 0 Å². The maximum Gasteiger partial charge on any atom is 0.246 e. The summed E-state index contributed by atoms with van der Waals surface area (Å²) in [4.78, 5) is 12.7. The molecule has 1 N–H and O–H groups in total. The highest BCUT2D eigenvalue weighted by Gasteiger charge is 2.42. The standard InChI is InChI=1S/C21H28Cl2N2O3S/c1-13(17-12-14-5-6-16(17)11-14)24-21(26)15-7-9-25(10-8-15)29(27,28)20-18(22)3-2-4-19(20)23/h2-4,13-17H,5-12H2,1H3,(H,24,26)/t13-,14+,16+,17+/m1/s1. The first-order chi connectivity index (χ1) is 13.8. The Balaban J connectivity index is 1.35. The van der Waals surface area contributed by atoms with Crippen molar-refractivity contribution in [3.05, 3.63) is 28.2 Å². The quantitative estimate of drug-likeness (QED) is 0.713. The maximum atomic E-state index is 13.0. The van der Waals surface area contributed by atoms with E-state index in [2.05, 4.69) is 12.2 Å². The van der Waals surface area contributed by atoms with Crippen molar-refractivity contribution in [2.45, 2.75) is 56.4 Å². The van der Waals surface area contributed by atoms with Gasteiger partial charge in [-0.15, -0.1) is 0 Å². The van der Waals surface area contributed by atoms with Crippen molar-refractivity contribution in [3.8, 4) is 0 Å². The molecule has 5 nitrogen and oxygen atoms in total. The van der Waals surface area contributed by atoms with Crippen LogP contribution in [0.3, 0.4) is 0 Å². The third-order valence-electron chi connectivity index (χ3n) is 7.15. The van der Waals surface area contributed by atoms with Crippen LogP contribution in [0.25, 0.3) is 0 Å². The molecule has 4 rings (SSSR count). The number of carbonyl (C=O) groups excluding carboxylic acids is 1. The number of nitrogens with zero attached hydrogens (tertiary/aromatic N) is 1. The Morgan fingerprint density at radius 1 is 1.10 bits per heavy atom. The van der Waals surface area contributed by atoms with Crippen molar-refractivity contribution in [2.24, 2.45) is 23.7 Å². The fourth-order valence-electron chi connectivity index (χ4n) is 5.57. The molecule has 3 fully saturated rings. The Labute approximate surface area is 183 Å². The Morgan fingerprint density at radius 3 is 2.31 bits per heavy atom. The van der Waals surface area contributed by atoms with E-state index < -0.39 is 10.0 Å². The first kappa shape index (κ1) is 21.4. The first-order valence-electron chi connectivity index (χ1n) is 10.5. The van der Waals surface area contributed by atoms with Crippen LogP contribution in [0, 0.1) is 23.7 Å². The summed E-state index contributed by atoms with van der Waals surface area (Å²) in [7, 11) is -3.78. The van der Waals surface area contributed by atoms with Crippen LogP contribution in [-0.4, -0.2) is 37.8 Å². The van der Waals surface area contributed by atoms with Gasteiger partial charge in [-0.3, -0.25) is 4.79 Å². The molecule has 1 heterocycles. The number of piperidine rings is 1. The molecule has 160 valence electrons. The number of benzene rings is 1. The van der Waals surface area contributed by atoms with Gasteiger partial charge in [0.15, 0.2) is 0 Å². The van der Waals surface area contributed by atoms with Gasteiger partial charge in [0, 0.05) is 25.0 Å². The van der Waals surface area contributed by atoms with Crippen molar-refractivity contribution in [1.82, 2.24) is 9.62 Å². The topological polar surface area (TPSA) is 66.5 Å². The smallest absolute Gasteiger partial charge is 0.246 e. The van der Waals surface area contributed by atoms with Crippen LogP contribution in [0.4, 0.5) is 0 Å². The summed E-state index contributed by atoms with van der Waals surface area (Å²) < 4.78 is 27.4. The number of rotatable bonds is 5. The van der Waals surface area contributed by atoms with Crippen LogP contribution in [-0.2, 0) is 14.8 Å². The molecule has 2 aliphatic carbocycles. The largest absolute Gasteiger partial charge is 0.353 e. The minimum Gasteiger partial charge on any atom is -0.353 e. The summed E-state index contributed by atoms with van der Waals surface area (Å²) in [6.45, 7) is 2.72. The molecule has 1 aliphatic heterocycles. The van der Waals surface area contributed by atoms with E-state index in [4.69, 9.17) is 23.2 Å². The molecule has 3 aliphatic rings. The molecule has 1 aromatic carbocycles. The number of hydrogen-bond donors (Lipinski definition) is 1. The zero-order valence-electron chi connectivity index (χ0n) is 16.6. The number of carbonyl (C=O) groups is 1. The normalized spacial score (nSPS) is 29.1. The van der Waals surface area contributed by atoms with E-state index in [1.54, 1.807) is 6.07 Å². The summed E-state index contributed by atoms with van der Waals surface area (Å²) in [5.74, 6) is 2.13. The molecule has 0 aromatic heterocycles. The lowest BCUT2D eigenvalue weighted by molar-refractivity contribution is -0.127. The fourth-order valence-corrected chi connectivity index (χ4v) is 8.13. The van der Waals surface area contributed by atoms with Gasteiger partial charge in [0.1, 0.15) is 4.90 Å². The van der Waals surface area contributed by atoms with Crippen molar-refractivity contribution < 1.29 is 13.2 Å². The van der Waals surface area contributed by atoms with E-state index in [1.165, 1.54) is 42.1 Å². The first-order valence-corrected chi connectivity index (χ1v) is 12.7. The Morgan fingerprint density at radius 2 is 1.76 bits per heavy atom. The van der Waals surface area contributed by atoms with Crippen molar-refractivity contribution in [2.75, 3.05) is 13.1 Å². The molecule has 1 aromatic rings. The minimum atomic E-state index is -3.78. The number of halogens is 2. The van der Waals surface area contributed by atoms with Crippen LogP contribution >= 0.6 is 23.2 Å². The van der Waals surface area contributed by atoms with Gasteiger partial charge < -0.3 is 5.32 Å². The van der Waals surface area contributed by atoms with E-state index in [-0.39, 0.29) is 32.8 Å². The van der Waals surface area contributed by atoms with Crippen LogP contribution < -0.4 is 5.32 Å². The second-order valence-corrected chi connectivity index (χ2v) is 11.6. The lowest BCUT2D eigenvalue weighted by atomic mass is 9.83. The van der Waals surface area contributed by atoms with Crippen molar-refractivity contribution in [1.29, 1.82) is 0 Å². The minimum absolute atomic E-state index is 0.0452. The molecule has 4 atom stereocenters. The second-order valence-electron chi connectivity index (χ2n) is 8.87. The molecule has 0 spiro atoms. The fraction of sp³-hybridized carbons (Fsp3) is 0.667. The van der Waals surface area contributed by atoms with E-state index in [9.17, 15) is 13.2 Å². The van der Waals surface area contributed by atoms with Gasteiger partial charge in [0.25, 0.3) is 0 Å². The number of sulfonamides is 1. The predicted molar refractivity (Wildman–Crippen MR) is 114 cm³/mol. The molecule has 8 heteroatoms. The monoisotopic (exact) mass is 458 g/mol. The molecule has 0 radical (unpaired) electrons. The van der Waals surface area contributed by atoms with Crippen LogP contribution in [0.5, 0.6) is 0 Å². The number of nitrogens with one attached hydrogen (secondary N) is 1. The molecule has 0 unspecified atom stereocenters. The lowest BCUT2D eigenvalue weighted by Gasteiger charge is -2.33. The predicted octanol–water partition coefficient (Wildman–Crippen LogP) is 4.34. The molecular weight excluding hydrogens is 431 g/mol. The zero-order chi connectivity index (χ0) is 20.8. The van der Waals surface area contributed by atoms with Gasteiger partial charge in [0.05, 0.1) is 10.0 Å². The summed E-state index contributed by atoms with van der Waals surface area (Å²) in [5, 5.41) is 3.48. The molecule has 2 bridgehead atoms. The Kier molecular flexibility index (Phi) is 6.18. The molecule has 1 saturated heterocycles. The highest BCUT2D eigenvalue weighted by molar-refractivity contribution is 7.89. The second kappa shape index (κ2) is 8.37. The molecular formula is C21H28Cl2N2O3S. The summed E-state index contributed by atoms with van der Waals surface area (Å²) in [5.41, 5.74) is 0. The van der Waals surface area contributed by atoms with Crippen LogP contribution in [0.1, 0.15) is 45.4 Å². The lowest BCUT2D eigenvalue weighted by Crippen LogP contribution is -2.47. The SMILES string of the molecule is C[C@@H](NC(=O)C1CCN(S(=O)(=O)c2c(Cl)cccc2Cl)CC1)[C@@H]1C[C@H]2CC[C@H]1C2. The van der Waals surface area contributed by atoms with Gasteiger partial charge in [-0.05, 0) is 68.9 Å². The summed E-state index contributed by atoms with van der Waals surface area (Å²) in [6, 6.07) is 4.87. The number of fused-ring (bicyclic) bond motifs is 2. The van der Waals surface area contributed by atoms with Gasteiger partial charge in [-0.25, -0.2) is 8.42 Å². The Bertz CT molecular complexity index is 864. The van der Waals surface area contributed by atoms with Crippen molar-refractivity contribution in [3.63, 3.8) is 0 Å². The van der Waals surface area contributed by atoms with Crippen LogP contribution in [0.2, 0.25) is 10.0 Å². The van der Waals surface area contributed by atoms with E-state index >= 15 is 0 Å². The highest BCUT2D eigenvalue weighted by atomic mass is 35.5. The third-order valence-corrected chi connectivity index (χ3v) is 10.0. The van der Waals surface area contributed by atoms with E-state index in [1.807, 2.05) is 0 Å². The van der Waals surface area contributed by atoms with Crippen molar-refractivity contribution >= 4 is 39.1 Å². The molecule has 2 saturated carbocycles. The van der Waals surface area contributed by atoms with Crippen LogP contribution in [0.15, 0.2) is 23.1 Å². The van der Waals surface area contributed by atoms with Gasteiger partial charge in [-0.2, -0.15) is 4.31 Å². The number of hydrogen-bond acceptors (Lipinski definition) is 3. The van der Waals surface area contributed by atoms with Gasteiger partial charge in [-0.1, -0.05) is 35.7 Å². The van der Waals surface area contributed by atoms with E-state index in [0.717, 1.165) is 11.8 Å². The highest BCUT2D eigenvalue weighted by Crippen LogP contribution is 2.49. The number of amides is 1. The average molecular weight is 459 g/mol. The summed E-state index contributed by atoms with van der Waals surface area (Å²) in [6.07, 6.45) is 6.24. The average Bonchev–Trinajstić information content (AvgIpc) is 3.31. The summed E-state index contributed by atoms with van der Waals surface area (Å²) >= 11 is 12.2.